The van der Waals surface area contributed by atoms with Crippen molar-refractivity contribution in [3.63, 3.8) is 0 Å². The van der Waals surface area contributed by atoms with E-state index in [9.17, 15) is 31.2 Å². The summed E-state index contributed by atoms with van der Waals surface area (Å²) in [6.07, 6.45) is -4.51. The quantitative estimate of drug-likeness (QED) is 0.266. The molecule has 11 heteroatoms. The maximum absolute atomic E-state index is 14.1. The van der Waals surface area contributed by atoms with Crippen molar-refractivity contribution < 1.29 is 31.2 Å². The maximum atomic E-state index is 14.1. The number of nitrogens with one attached hydrogen (secondary N) is 1. The zero-order valence-electron chi connectivity index (χ0n) is 25.0. The van der Waals surface area contributed by atoms with Gasteiger partial charge in [-0.15, -0.1) is 0 Å². The Morgan fingerprint density at radius 2 is 1.49 bits per heavy atom. The first-order valence-corrected chi connectivity index (χ1v) is 15.5. The van der Waals surface area contributed by atoms with E-state index in [0.29, 0.717) is 22.5 Å². The number of anilines is 1. The van der Waals surface area contributed by atoms with E-state index in [1.54, 1.807) is 26.0 Å². The normalized spacial score (nSPS) is 12.6. The minimum Gasteiger partial charge on any atom is -0.354 e. The van der Waals surface area contributed by atoms with Gasteiger partial charge >= 0.3 is 6.18 Å². The number of sulfonamides is 1. The number of amides is 2. The van der Waals surface area contributed by atoms with Gasteiger partial charge in [-0.3, -0.25) is 13.9 Å². The molecule has 0 bridgehead atoms. The SMILES string of the molecule is CC[C@@H](C(=O)NCC(C)C)N(Cc1ccc(C)cc1)C(=O)CN(c1cccc(C(F)(F)F)c1)S(=O)(=O)c1ccc(C)cc1. The van der Waals surface area contributed by atoms with Crippen LogP contribution in [0.3, 0.4) is 0 Å². The minimum absolute atomic E-state index is 0.00622. The highest BCUT2D eigenvalue weighted by molar-refractivity contribution is 7.92. The second-order valence-corrected chi connectivity index (χ2v) is 12.8. The number of aryl methyl sites for hydroxylation is 2. The largest absolute Gasteiger partial charge is 0.416 e. The molecule has 0 spiro atoms. The van der Waals surface area contributed by atoms with Crippen molar-refractivity contribution >= 4 is 27.5 Å². The summed E-state index contributed by atoms with van der Waals surface area (Å²) in [7, 11) is -4.50. The molecule has 7 nitrogen and oxygen atoms in total. The molecular formula is C32H38F3N3O4S. The lowest BCUT2D eigenvalue weighted by Gasteiger charge is -2.33. The summed E-state index contributed by atoms with van der Waals surface area (Å²) in [4.78, 5) is 28.5. The van der Waals surface area contributed by atoms with Crippen LogP contribution in [0, 0.1) is 19.8 Å². The Kier molecular flexibility index (Phi) is 11.0. The molecule has 0 aliphatic rings. The van der Waals surface area contributed by atoms with Crippen LogP contribution in [0.5, 0.6) is 0 Å². The van der Waals surface area contributed by atoms with Crippen LogP contribution in [0.2, 0.25) is 0 Å². The van der Waals surface area contributed by atoms with E-state index < -0.39 is 46.2 Å². The summed E-state index contributed by atoms with van der Waals surface area (Å²) in [5.74, 6) is -0.984. The van der Waals surface area contributed by atoms with Crippen LogP contribution in [0.1, 0.15) is 49.4 Å². The van der Waals surface area contributed by atoms with Crippen molar-refractivity contribution in [2.45, 2.75) is 64.7 Å². The first-order valence-electron chi connectivity index (χ1n) is 14.0. The van der Waals surface area contributed by atoms with Gasteiger partial charge in [0.1, 0.15) is 12.6 Å². The third-order valence-electron chi connectivity index (χ3n) is 6.89. The number of carbonyl (C=O) groups excluding carboxylic acids is 2. The Hall–Kier alpha value is -3.86. The highest BCUT2D eigenvalue weighted by atomic mass is 32.2. The molecular weight excluding hydrogens is 579 g/mol. The summed E-state index contributed by atoms with van der Waals surface area (Å²) in [6.45, 7) is 8.82. The number of benzene rings is 3. The Bertz CT molecular complexity index is 1510. The molecule has 0 saturated heterocycles. The summed E-state index contributed by atoms with van der Waals surface area (Å²) in [5.41, 5.74) is 1.10. The second kappa shape index (κ2) is 14.1. The van der Waals surface area contributed by atoms with Crippen LogP contribution < -0.4 is 9.62 Å². The number of halogens is 3. The van der Waals surface area contributed by atoms with Gasteiger partial charge in [0.15, 0.2) is 0 Å². The molecule has 43 heavy (non-hydrogen) atoms. The maximum Gasteiger partial charge on any atom is 0.416 e. The van der Waals surface area contributed by atoms with Crippen molar-refractivity contribution in [3.8, 4) is 0 Å². The van der Waals surface area contributed by atoms with Crippen molar-refractivity contribution in [1.29, 1.82) is 0 Å². The molecule has 3 aromatic rings. The van der Waals surface area contributed by atoms with Gasteiger partial charge in [-0.2, -0.15) is 13.2 Å². The number of hydrogen-bond donors (Lipinski definition) is 1. The molecule has 0 aliphatic heterocycles. The van der Waals surface area contributed by atoms with Crippen molar-refractivity contribution in [3.05, 3.63) is 95.1 Å². The highest BCUT2D eigenvalue weighted by Gasteiger charge is 2.36. The molecule has 0 radical (unpaired) electrons. The fourth-order valence-electron chi connectivity index (χ4n) is 4.44. The minimum atomic E-state index is -4.74. The smallest absolute Gasteiger partial charge is 0.354 e. The van der Waals surface area contributed by atoms with Crippen LogP contribution >= 0.6 is 0 Å². The highest BCUT2D eigenvalue weighted by Crippen LogP contribution is 2.33. The number of rotatable bonds is 12. The molecule has 0 aliphatic carbocycles. The fourth-order valence-corrected chi connectivity index (χ4v) is 5.84. The van der Waals surface area contributed by atoms with Gasteiger partial charge in [-0.25, -0.2) is 8.42 Å². The van der Waals surface area contributed by atoms with Crippen LogP contribution in [-0.4, -0.2) is 44.3 Å². The molecule has 2 amide bonds. The van der Waals surface area contributed by atoms with Gasteiger partial charge in [0.25, 0.3) is 10.0 Å². The predicted molar refractivity (Wildman–Crippen MR) is 161 cm³/mol. The van der Waals surface area contributed by atoms with Crippen molar-refractivity contribution in [2.24, 2.45) is 5.92 Å². The van der Waals surface area contributed by atoms with Gasteiger partial charge in [-0.05, 0) is 62.1 Å². The van der Waals surface area contributed by atoms with Crippen LogP contribution in [0.4, 0.5) is 18.9 Å². The van der Waals surface area contributed by atoms with Gasteiger partial charge in [-0.1, -0.05) is 74.4 Å². The number of alkyl halides is 3. The average Bonchev–Trinajstić information content (AvgIpc) is 2.95. The number of carbonyl (C=O) groups is 2. The first-order chi connectivity index (χ1) is 20.1. The van der Waals surface area contributed by atoms with Gasteiger partial charge in [0.2, 0.25) is 11.8 Å². The first kappa shape index (κ1) is 33.6. The molecule has 0 aromatic heterocycles. The monoisotopic (exact) mass is 617 g/mol. The Morgan fingerprint density at radius 1 is 0.907 bits per heavy atom. The van der Waals surface area contributed by atoms with Gasteiger partial charge in [0, 0.05) is 13.1 Å². The second-order valence-electron chi connectivity index (χ2n) is 10.9. The molecule has 0 saturated carbocycles. The molecule has 0 unspecified atom stereocenters. The van der Waals surface area contributed by atoms with E-state index in [1.807, 2.05) is 45.0 Å². The zero-order chi connectivity index (χ0) is 31.9. The molecule has 1 atom stereocenters. The van der Waals surface area contributed by atoms with E-state index in [0.717, 1.165) is 23.3 Å². The lowest BCUT2D eigenvalue weighted by molar-refractivity contribution is -0.140. The van der Waals surface area contributed by atoms with E-state index in [4.69, 9.17) is 0 Å². The Morgan fingerprint density at radius 3 is 2.02 bits per heavy atom. The van der Waals surface area contributed by atoms with Crippen LogP contribution in [-0.2, 0) is 32.3 Å². The van der Waals surface area contributed by atoms with Crippen LogP contribution in [0.15, 0.2) is 77.7 Å². The number of hydrogen-bond acceptors (Lipinski definition) is 4. The molecule has 0 heterocycles. The Labute approximate surface area is 251 Å². The number of nitrogens with zero attached hydrogens (tertiary/aromatic N) is 2. The molecule has 1 N–H and O–H groups in total. The van der Waals surface area contributed by atoms with E-state index >= 15 is 0 Å². The lowest BCUT2D eigenvalue weighted by atomic mass is 10.1. The lowest BCUT2D eigenvalue weighted by Crippen LogP contribution is -2.52. The van der Waals surface area contributed by atoms with Crippen molar-refractivity contribution in [1.82, 2.24) is 10.2 Å². The standard InChI is InChI=1S/C32H38F3N3O4S/c1-6-29(31(40)36-19-22(2)3)37(20-25-14-10-23(4)11-15-25)30(39)21-38(27-9-7-8-26(18-27)32(33,34)35)43(41,42)28-16-12-24(5)13-17-28/h7-18,22,29H,6,19-21H2,1-5H3,(H,36,40)/t29-/m0/s1. The van der Waals surface area contributed by atoms with Crippen molar-refractivity contribution in [2.75, 3.05) is 17.4 Å². The van der Waals surface area contributed by atoms with E-state index in [-0.39, 0.29) is 29.5 Å². The van der Waals surface area contributed by atoms with Gasteiger partial charge in [0.05, 0.1) is 16.1 Å². The third-order valence-corrected chi connectivity index (χ3v) is 8.68. The molecule has 3 aromatic carbocycles. The van der Waals surface area contributed by atoms with E-state index in [2.05, 4.69) is 5.32 Å². The van der Waals surface area contributed by atoms with E-state index in [1.165, 1.54) is 23.1 Å². The Balaban J connectivity index is 2.10. The third kappa shape index (κ3) is 8.82. The summed E-state index contributed by atoms with van der Waals surface area (Å²) in [5, 5.41) is 2.84. The summed E-state index contributed by atoms with van der Waals surface area (Å²) < 4.78 is 69.4. The van der Waals surface area contributed by atoms with Gasteiger partial charge < -0.3 is 10.2 Å². The van der Waals surface area contributed by atoms with Crippen LogP contribution in [0.25, 0.3) is 0 Å². The predicted octanol–water partition coefficient (Wildman–Crippen LogP) is 6.10. The fraction of sp³-hybridized carbons (Fsp3) is 0.375. The topological polar surface area (TPSA) is 86.8 Å². The average molecular weight is 618 g/mol. The molecule has 232 valence electrons. The summed E-state index contributed by atoms with van der Waals surface area (Å²) in [6, 6.07) is 16.0. The summed E-state index contributed by atoms with van der Waals surface area (Å²) >= 11 is 0. The zero-order valence-corrected chi connectivity index (χ0v) is 25.8. The molecule has 3 rings (SSSR count). The molecule has 0 fully saturated rings.